The summed E-state index contributed by atoms with van der Waals surface area (Å²) in [6.07, 6.45) is 1.56. The molecule has 2 fully saturated rings. The van der Waals surface area contributed by atoms with Crippen LogP contribution in [0.2, 0.25) is 0 Å². The number of hydrogen-bond donors (Lipinski definition) is 2. The Labute approximate surface area is 170 Å². The summed E-state index contributed by atoms with van der Waals surface area (Å²) in [5, 5.41) is 6.06. The van der Waals surface area contributed by atoms with E-state index in [9.17, 15) is 9.59 Å². The molecule has 1 aliphatic heterocycles. The highest BCUT2D eigenvalue weighted by Crippen LogP contribution is 2.49. The molecule has 0 bridgehead atoms. The van der Waals surface area contributed by atoms with E-state index in [-0.39, 0.29) is 23.8 Å². The average Bonchev–Trinajstić information content (AvgIpc) is 3.34. The zero-order valence-corrected chi connectivity index (χ0v) is 17.2. The second-order valence-electron chi connectivity index (χ2n) is 8.11. The predicted molar refractivity (Wildman–Crippen MR) is 111 cm³/mol. The number of carbonyl (C=O) groups excluding carboxylic acids is 2. The lowest BCUT2D eigenvalue weighted by molar-refractivity contribution is -0.131. The van der Waals surface area contributed by atoms with Crippen molar-refractivity contribution in [2.24, 2.45) is 11.3 Å². The summed E-state index contributed by atoms with van der Waals surface area (Å²) in [7, 11) is 1.72. The molecule has 3 atom stereocenters. The minimum absolute atomic E-state index is 0.0173. The largest absolute Gasteiger partial charge is 0.359 e. The van der Waals surface area contributed by atoms with Crippen LogP contribution in [0.25, 0.3) is 0 Å². The van der Waals surface area contributed by atoms with Crippen molar-refractivity contribution >= 4 is 23.2 Å². The van der Waals surface area contributed by atoms with Crippen LogP contribution >= 0.6 is 11.3 Å². The Balaban J connectivity index is 1.45. The maximum absolute atomic E-state index is 12.9. The first-order valence-electron chi connectivity index (χ1n) is 9.86. The number of fused-ring (bicyclic) bond motifs is 1. The van der Waals surface area contributed by atoms with Crippen LogP contribution in [0.4, 0.5) is 0 Å². The number of likely N-dealkylation sites (tertiary alicyclic amines) is 1. The van der Waals surface area contributed by atoms with Crippen molar-refractivity contribution in [3.8, 4) is 0 Å². The van der Waals surface area contributed by atoms with E-state index in [1.54, 1.807) is 7.05 Å². The van der Waals surface area contributed by atoms with E-state index in [4.69, 9.17) is 0 Å². The van der Waals surface area contributed by atoms with E-state index in [0.29, 0.717) is 6.42 Å². The molecule has 4 rings (SSSR count). The Hall–Kier alpha value is -2.18. The molecule has 2 N–H and O–H groups in total. The number of aryl methyl sites for hydroxylation is 1. The summed E-state index contributed by atoms with van der Waals surface area (Å²) in [5.41, 5.74) is 0.861. The Morgan fingerprint density at radius 2 is 2.00 bits per heavy atom. The first-order chi connectivity index (χ1) is 13.5. The van der Waals surface area contributed by atoms with E-state index >= 15 is 0 Å². The fraction of sp³-hybridized carbons (Fsp3) is 0.455. The third-order valence-electron chi connectivity index (χ3n) is 6.17. The average molecular weight is 398 g/mol. The fourth-order valence-electron chi connectivity index (χ4n) is 4.96. The molecule has 2 amide bonds. The lowest BCUT2D eigenvalue weighted by Gasteiger charge is -2.27. The maximum atomic E-state index is 12.9. The third-order valence-corrected chi connectivity index (χ3v) is 7.17. The van der Waals surface area contributed by atoms with Crippen LogP contribution in [0.5, 0.6) is 0 Å². The molecule has 1 aromatic heterocycles. The maximum Gasteiger partial charge on any atom is 0.261 e. The monoisotopic (exact) mass is 397 g/mol. The number of hydrogen-bond acceptors (Lipinski definition) is 4. The molecule has 2 heterocycles. The number of amides is 2. The molecule has 1 saturated carbocycles. The van der Waals surface area contributed by atoms with Crippen molar-refractivity contribution in [2.45, 2.75) is 32.4 Å². The van der Waals surface area contributed by atoms with Crippen molar-refractivity contribution in [3.63, 3.8) is 0 Å². The van der Waals surface area contributed by atoms with Crippen LogP contribution in [0.1, 0.15) is 33.0 Å². The highest BCUT2D eigenvalue weighted by Gasteiger charge is 2.57. The molecule has 6 heteroatoms. The summed E-state index contributed by atoms with van der Waals surface area (Å²) in [6.45, 7) is 4.51. The molecule has 0 spiro atoms. The van der Waals surface area contributed by atoms with Crippen molar-refractivity contribution in [1.29, 1.82) is 0 Å². The summed E-state index contributed by atoms with van der Waals surface area (Å²) < 4.78 is 0. The quantitative estimate of drug-likeness (QED) is 0.816. The van der Waals surface area contributed by atoms with E-state index in [1.165, 1.54) is 16.9 Å². The molecule has 148 valence electrons. The van der Waals surface area contributed by atoms with Gasteiger partial charge in [-0.2, -0.15) is 0 Å². The minimum Gasteiger partial charge on any atom is -0.359 e. The Kier molecular flexibility index (Phi) is 5.25. The normalized spacial score (nSPS) is 26.8. The molecule has 1 aliphatic carbocycles. The van der Waals surface area contributed by atoms with Crippen LogP contribution in [0, 0.1) is 18.3 Å². The van der Waals surface area contributed by atoms with Crippen LogP contribution in [-0.4, -0.2) is 42.9 Å². The highest BCUT2D eigenvalue weighted by molar-refractivity contribution is 7.13. The second kappa shape index (κ2) is 7.68. The van der Waals surface area contributed by atoms with Gasteiger partial charge in [0.25, 0.3) is 5.91 Å². The topological polar surface area (TPSA) is 61.4 Å². The third kappa shape index (κ3) is 3.59. The van der Waals surface area contributed by atoms with Gasteiger partial charge in [0.05, 0.1) is 10.3 Å². The zero-order chi connectivity index (χ0) is 19.7. The van der Waals surface area contributed by atoms with E-state index in [0.717, 1.165) is 35.8 Å². The summed E-state index contributed by atoms with van der Waals surface area (Å²) in [6, 6.07) is 14.3. The number of benzene rings is 1. The van der Waals surface area contributed by atoms with Gasteiger partial charge in [-0.1, -0.05) is 30.3 Å². The van der Waals surface area contributed by atoms with Gasteiger partial charge in [0, 0.05) is 37.6 Å². The molecule has 2 aromatic rings. The first kappa shape index (κ1) is 19.2. The molecule has 1 saturated heterocycles. The summed E-state index contributed by atoms with van der Waals surface area (Å²) in [4.78, 5) is 29.7. The predicted octanol–water partition coefficient (Wildman–Crippen LogP) is 2.81. The van der Waals surface area contributed by atoms with Gasteiger partial charge >= 0.3 is 0 Å². The van der Waals surface area contributed by atoms with Gasteiger partial charge in [-0.15, -0.1) is 11.3 Å². The van der Waals surface area contributed by atoms with Crippen molar-refractivity contribution < 1.29 is 9.59 Å². The first-order valence-corrected chi connectivity index (χ1v) is 10.7. The second-order valence-corrected chi connectivity index (χ2v) is 9.40. The van der Waals surface area contributed by atoms with Crippen molar-refractivity contribution in [1.82, 2.24) is 15.5 Å². The molecular formula is C22H27N3O2S. The molecular weight excluding hydrogens is 370 g/mol. The minimum atomic E-state index is -0.410. The lowest BCUT2D eigenvalue weighted by Crippen LogP contribution is -2.44. The molecule has 0 radical (unpaired) electrons. The Morgan fingerprint density at radius 3 is 2.68 bits per heavy atom. The van der Waals surface area contributed by atoms with Crippen LogP contribution in [0.15, 0.2) is 42.5 Å². The van der Waals surface area contributed by atoms with Gasteiger partial charge in [-0.05, 0) is 43.4 Å². The summed E-state index contributed by atoms with van der Waals surface area (Å²) >= 11 is 1.51. The van der Waals surface area contributed by atoms with Gasteiger partial charge < -0.3 is 10.6 Å². The van der Waals surface area contributed by atoms with Gasteiger partial charge in [-0.3, -0.25) is 14.5 Å². The molecule has 5 nitrogen and oxygen atoms in total. The van der Waals surface area contributed by atoms with Gasteiger partial charge in [0.2, 0.25) is 5.91 Å². The van der Waals surface area contributed by atoms with Gasteiger partial charge in [0.1, 0.15) is 0 Å². The number of nitrogens with one attached hydrogen (secondary N) is 2. The summed E-state index contributed by atoms with van der Waals surface area (Å²) in [5.74, 6) is 0.361. The smallest absolute Gasteiger partial charge is 0.261 e. The van der Waals surface area contributed by atoms with Crippen LogP contribution < -0.4 is 10.6 Å². The van der Waals surface area contributed by atoms with E-state index in [1.807, 2.05) is 25.1 Å². The van der Waals surface area contributed by atoms with Gasteiger partial charge in [0.15, 0.2) is 0 Å². The highest BCUT2D eigenvalue weighted by atomic mass is 32.1. The molecule has 28 heavy (non-hydrogen) atoms. The zero-order valence-electron chi connectivity index (χ0n) is 16.4. The molecule has 0 unspecified atom stereocenters. The van der Waals surface area contributed by atoms with E-state index in [2.05, 4.69) is 39.8 Å². The van der Waals surface area contributed by atoms with Gasteiger partial charge in [-0.25, -0.2) is 0 Å². The van der Waals surface area contributed by atoms with Crippen LogP contribution in [0.3, 0.4) is 0 Å². The number of rotatable bonds is 5. The van der Waals surface area contributed by atoms with Crippen LogP contribution in [-0.2, 0) is 11.3 Å². The Morgan fingerprint density at radius 1 is 1.21 bits per heavy atom. The Bertz CT molecular complexity index is 866. The van der Waals surface area contributed by atoms with Crippen molar-refractivity contribution in [3.05, 3.63) is 57.8 Å². The number of carbonyl (C=O) groups is 2. The fourth-order valence-corrected chi connectivity index (χ4v) is 5.73. The van der Waals surface area contributed by atoms with E-state index < -0.39 is 5.41 Å². The standard InChI is InChI=1S/C22H27N3O2S/c1-15-8-9-19(28-15)20(26)24-18-10-17-13-25(12-16-6-4-3-5-7-16)14-22(17,11-18)21(27)23-2/h3-9,17-18H,10-14H2,1-2H3,(H,23,27)(H,24,26)/t17-,18-,22-/m0/s1. The molecule has 1 aromatic carbocycles. The number of nitrogens with zero attached hydrogens (tertiary/aromatic N) is 1. The molecule has 2 aliphatic rings. The van der Waals surface area contributed by atoms with Crippen molar-refractivity contribution in [2.75, 3.05) is 20.1 Å². The SMILES string of the molecule is CNC(=O)[C@]12C[C@@H](NC(=O)c3ccc(C)s3)C[C@H]1CN(Cc1ccccc1)C2. The lowest BCUT2D eigenvalue weighted by atomic mass is 9.80. The number of thiophene rings is 1.